The number of nitrogens with one attached hydrogen (secondary N) is 1. The summed E-state index contributed by atoms with van der Waals surface area (Å²) in [6.45, 7) is 4.73. The second-order valence-electron chi connectivity index (χ2n) is 7.95. The Morgan fingerprint density at radius 3 is 2.88 bits per heavy atom. The van der Waals surface area contributed by atoms with Crippen LogP contribution < -0.4 is 15.8 Å². The summed E-state index contributed by atoms with van der Waals surface area (Å²) in [5, 5.41) is 12.2. The fourth-order valence-electron chi connectivity index (χ4n) is 3.85. The molecule has 1 aliphatic rings. The van der Waals surface area contributed by atoms with Gasteiger partial charge in [-0.1, -0.05) is 0 Å². The minimum Gasteiger partial charge on any atom is -0.491 e. The molecule has 3 aromatic heterocycles. The number of amides is 2. The number of aryl methyl sites for hydroxylation is 1. The number of carbonyl (C=O) groups is 1. The van der Waals surface area contributed by atoms with Crippen molar-refractivity contribution in [2.24, 2.45) is 5.73 Å². The minimum atomic E-state index is -0.691. The molecule has 1 fully saturated rings. The lowest BCUT2D eigenvalue weighted by Crippen LogP contribution is -2.30. The summed E-state index contributed by atoms with van der Waals surface area (Å²) >= 11 is 0. The first-order valence-electron chi connectivity index (χ1n) is 10.3. The second kappa shape index (κ2) is 8.73. The highest BCUT2D eigenvalue weighted by Gasteiger charge is 2.39. The Kier molecular flexibility index (Phi) is 6.00. The van der Waals surface area contributed by atoms with E-state index in [2.05, 4.69) is 10.3 Å². The van der Waals surface area contributed by atoms with Gasteiger partial charge in [0.1, 0.15) is 30.1 Å². The highest BCUT2D eigenvalue weighted by atomic mass is 16.5. The molecule has 2 atom stereocenters. The number of ether oxygens (including phenoxy) is 3. The van der Waals surface area contributed by atoms with E-state index < -0.39 is 17.7 Å². The summed E-state index contributed by atoms with van der Waals surface area (Å²) < 4.78 is 19.2. The molecule has 4 N–H and O–H groups in total. The van der Waals surface area contributed by atoms with E-state index in [0.717, 1.165) is 16.8 Å². The first-order valence-corrected chi connectivity index (χ1v) is 10.3. The number of primary amides is 1. The van der Waals surface area contributed by atoms with Crippen LogP contribution >= 0.6 is 0 Å². The van der Waals surface area contributed by atoms with Crippen molar-refractivity contribution >= 4 is 17.4 Å². The van der Waals surface area contributed by atoms with Crippen molar-refractivity contribution in [2.75, 3.05) is 32.2 Å². The SMILES string of the molecule is CO[C@@]1(c2cc(OC[C@@H](C)O)cc(-c3cc(C)n4cnc(NC(N)=O)cc34)n2)CCOC1. The molecule has 0 unspecified atom stereocenters. The molecule has 0 aromatic carbocycles. The van der Waals surface area contributed by atoms with Gasteiger partial charge in [-0.25, -0.2) is 14.8 Å². The van der Waals surface area contributed by atoms with Crippen LogP contribution in [0.4, 0.5) is 10.6 Å². The summed E-state index contributed by atoms with van der Waals surface area (Å²) in [6.07, 6.45) is 1.67. The number of fused-ring (bicyclic) bond motifs is 1. The molecule has 0 bridgehead atoms. The van der Waals surface area contributed by atoms with E-state index in [0.29, 0.717) is 42.6 Å². The number of aromatic nitrogens is 3. The average molecular weight is 441 g/mol. The van der Waals surface area contributed by atoms with Gasteiger partial charge in [-0.2, -0.15) is 0 Å². The number of anilines is 1. The molecule has 0 saturated carbocycles. The molecule has 3 aromatic rings. The van der Waals surface area contributed by atoms with Gasteiger partial charge in [-0.15, -0.1) is 0 Å². The molecule has 0 spiro atoms. The van der Waals surface area contributed by atoms with Crippen molar-refractivity contribution in [3.05, 3.63) is 42.0 Å². The van der Waals surface area contributed by atoms with Crippen LogP contribution in [0.3, 0.4) is 0 Å². The molecular weight excluding hydrogens is 414 g/mol. The van der Waals surface area contributed by atoms with Gasteiger partial charge < -0.3 is 29.5 Å². The molecule has 1 saturated heterocycles. The van der Waals surface area contributed by atoms with Crippen molar-refractivity contribution in [1.82, 2.24) is 14.4 Å². The van der Waals surface area contributed by atoms with E-state index in [1.54, 1.807) is 26.4 Å². The molecule has 0 radical (unpaired) electrons. The zero-order valence-electron chi connectivity index (χ0n) is 18.3. The third-order valence-electron chi connectivity index (χ3n) is 5.51. The monoisotopic (exact) mass is 441 g/mol. The van der Waals surface area contributed by atoms with Crippen molar-refractivity contribution in [3.63, 3.8) is 0 Å². The van der Waals surface area contributed by atoms with E-state index in [4.69, 9.17) is 24.9 Å². The molecule has 10 nitrogen and oxygen atoms in total. The van der Waals surface area contributed by atoms with Crippen molar-refractivity contribution < 1.29 is 24.1 Å². The summed E-state index contributed by atoms with van der Waals surface area (Å²) in [5.41, 5.74) is 8.48. The van der Waals surface area contributed by atoms with Gasteiger partial charge in [0.05, 0.1) is 29.6 Å². The fraction of sp³-hybridized carbons (Fsp3) is 0.409. The highest BCUT2D eigenvalue weighted by Crippen LogP contribution is 2.37. The largest absolute Gasteiger partial charge is 0.491 e. The number of nitrogens with zero attached hydrogens (tertiary/aromatic N) is 3. The zero-order chi connectivity index (χ0) is 22.9. The lowest BCUT2D eigenvalue weighted by Gasteiger charge is -2.26. The third kappa shape index (κ3) is 4.24. The molecule has 10 heteroatoms. The smallest absolute Gasteiger partial charge is 0.317 e. The van der Waals surface area contributed by atoms with E-state index >= 15 is 0 Å². The maximum absolute atomic E-state index is 11.3. The van der Waals surface area contributed by atoms with Crippen LogP contribution in [0.15, 0.2) is 30.6 Å². The van der Waals surface area contributed by atoms with E-state index in [1.807, 2.05) is 29.5 Å². The van der Waals surface area contributed by atoms with E-state index in [9.17, 15) is 9.90 Å². The number of hydrogen-bond donors (Lipinski definition) is 3. The quantitative estimate of drug-likeness (QED) is 0.512. The van der Waals surface area contributed by atoms with Crippen LogP contribution in [-0.4, -0.2) is 58.5 Å². The Hall–Kier alpha value is -3.21. The van der Waals surface area contributed by atoms with Crippen LogP contribution in [0.5, 0.6) is 5.75 Å². The standard InChI is InChI=1S/C22H27N5O5/c1-13-6-16(18-9-20(26-21(23)29)24-12-27(13)18)17-7-15(32-10-14(2)28)8-19(25-17)22(30-3)4-5-31-11-22/h6-9,12,14,28H,4-5,10-11H2,1-3H3,(H3,23,26,29)/t14-,22+/m1/s1. The number of hydrogen-bond acceptors (Lipinski definition) is 7. The minimum absolute atomic E-state index is 0.144. The summed E-state index contributed by atoms with van der Waals surface area (Å²) in [4.78, 5) is 20.4. The Bertz CT molecular complexity index is 1140. The number of aliphatic hydroxyl groups is 1. The Morgan fingerprint density at radius 1 is 1.41 bits per heavy atom. The van der Waals surface area contributed by atoms with E-state index in [1.165, 1.54) is 0 Å². The lowest BCUT2D eigenvalue weighted by molar-refractivity contribution is -0.0247. The number of nitrogens with two attached hydrogens (primary N) is 1. The number of rotatable bonds is 7. The van der Waals surface area contributed by atoms with Crippen molar-refractivity contribution in [1.29, 1.82) is 0 Å². The fourth-order valence-corrected chi connectivity index (χ4v) is 3.85. The first-order chi connectivity index (χ1) is 15.3. The average Bonchev–Trinajstić information content (AvgIpc) is 3.37. The molecule has 4 heterocycles. The van der Waals surface area contributed by atoms with Gasteiger partial charge in [-0.05, 0) is 19.9 Å². The maximum Gasteiger partial charge on any atom is 0.317 e. The lowest BCUT2D eigenvalue weighted by atomic mass is 9.97. The predicted molar refractivity (Wildman–Crippen MR) is 118 cm³/mol. The van der Waals surface area contributed by atoms with Gasteiger partial charge in [0, 0.05) is 49.6 Å². The van der Waals surface area contributed by atoms with Crippen LogP contribution in [0.2, 0.25) is 0 Å². The number of aliphatic hydroxyl groups excluding tert-OH is 1. The second-order valence-corrected chi connectivity index (χ2v) is 7.95. The topological polar surface area (TPSA) is 133 Å². The Morgan fingerprint density at radius 2 is 2.22 bits per heavy atom. The van der Waals surface area contributed by atoms with Crippen molar-refractivity contribution in [2.45, 2.75) is 32.0 Å². The molecule has 2 amide bonds. The molecule has 0 aliphatic carbocycles. The number of methoxy groups -OCH3 is 1. The predicted octanol–water partition coefficient (Wildman–Crippen LogP) is 2.22. The molecular formula is C22H27N5O5. The molecule has 1 aliphatic heterocycles. The van der Waals surface area contributed by atoms with Gasteiger partial charge >= 0.3 is 6.03 Å². The van der Waals surface area contributed by atoms with Crippen molar-refractivity contribution in [3.8, 4) is 17.0 Å². The maximum atomic E-state index is 11.3. The molecule has 4 rings (SSSR count). The van der Waals surface area contributed by atoms with E-state index in [-0.39, 0.29) is 6.61 Å². The van der Waals surface area contributed by atoms with Crippen LogP contribution in [0, 0.1) is 6.92 Å². The highest BCUT2D eigenvalue weighted by molar-refractivity contribution is 5.89. The molecule has 32 heavy (non-hydrogen) atoms. The van der Waals surface area contributed by atoms with Crippen LogP contribution in [0.1, 0.15) is 24.7 Å². The normalized spacial score (nSPS) is 19.2. The summed E-state index contributed by atoms with van der Waals surface area (Å²) in [5.74, 6) is 0.902. The van der Waals surface area contributed by atoms with Crippen LogP contribution in [-0.2, 0) is 15.1 Å². The molecule has 170 valence electrons. The van der Waals surface area contributed by atoms with Gasteiger partial charge in [0.2, 0.25) is 0 Å². The Balaban J connectivity index is 1.86. The summed E-state index contributed by atoms with van der Waals surface area (Å²) in [7, 11) is 1.64. The Labute approximate surface area is 185 Å². The van der Waals surface area contributed by atoms with Gasteiger partial charge in [0.15, 0.2) is 0 Å². The zero-order valence-corrected chi connectivity index (χ0v) is 18.3. The number of pyridine rings is 1. The number of urea groups is 1. The van der Waals surface area contributed by atoms with Crippen LogP contribution in [0.25, 0.3) is 16.8 Å². The number of carbonyl (C=O) groups excluding carboxylic acids is 1. The van der Waals surface area contributed by atoms with Gasteiger partial charge in [-0.3, -0.25) is 5.32 Å². The summed E-state index contributed by atoms with van der Waals surface area (Å²) in [6, 6.07) is 6.69. The third-order valence-corrected chi connectivity index (χ3v) is 5.51. The first kappa shape index (κ1) is 22.0. The van der Waals surface area contributed by atoms with Gasteiger partial charge in [0.25, 0.3) is 0 Å².